The Morgan fingerprint density at radius 3 is 3.00 bits per heavy atom. The normalized spacial score (nSPS) is 10.9. The first-order valence-electron chi connectivity index (χ1n) is 7.57. The third-order valence-corrected chi connectivity index (χ3v) is 3.94. The summed E-state index contributed by atoms with van der Waals surface area (Å²) in [4.78, 5) is 16.4. The zero-order chi connectivity index (χ0) is 16.2. The van der Waals surface area contributed by atoms with E-state index in [-0.39, 0.29) is 5.91 Å². The summed E-state index contributed by atoms with van der Waals surface area (Å²) >= 11 is 0. The van der Waals surface area contributed by atoms with Crippen molar-refractivity contribution in [1.82, 2.24) is 19.4 Å². The van der Waals surface area contributed by atoms with Gasteiger partial charge in [-0.1, -0.05) is 6.07 Å². The minimum Gasteiger partial charge on any atom is -0.496 e. The molecule has 1 N–H and O–H groups in total. The Bertz CT molecular complexity index is 805. The van der Waals surface area contributed by atoms with Gasteiger partial charge in [0.1, 0.15) is 11.4 Å². The molecule has 0 saturated heterocycles. The molecule has 23 heavy (non-hydrogen) atoms. The Morgan fingerprint density at radius 1 is 1.39 bits per heavy atom. The van der Waals surface area contributed by atoms with Gasteiger partial charge in [-0.15, -0.1) is 0 Å². The Morgan fingerprint density at radius 2 is 2.26 bits per heavy atom. The van der Waals surface area contributed by atoms with Crippen LogP contribution < -0.4 is 10.1 Å². The molecule has 0 atom stereocenters. The van der Waals surface area contributed by atoms with Gasteiger partial charge in [0.05, 0.1) is 19.0 Å². The average molecular weight is 312 g/mol. The number of methoxy groups -OCH3 is 1. The minimum absolute atomic E-state index is 0.0728. The van der Waals surface area contributed by atoms with Crippen LogP contribution in [0.2, 0.25) is 0 Å². The highest BCUT2D eigenvalue weighted by Crippen LogP contribution is 2.27. The van der Waals surface area contributed by atoms with E-state index in [1.54, 1.807) is 19.6 Å². The number of hydrogen-bond acceptors (Lipinski definition) is 3. The summed E-state index contributed by atoms with van der Waals surface area (Å²) in [5.41, 5.74) is 1.61. The molecule has 0 spiro atoms. The number of hydrogen-bond donors (Lipinski definition) is 1. The van der Waals surface area contributed by atoms with Crippen LogP contribution in [0.5, 0.6) is 5.75 Å². The monoisotopic (exact) mass is 312 g/mol. The molecule has 2 heterocycles. The van der Waals surface area contributed by atoms with Gasteiger partial charge in [0.2, 0.25) is 0 Å². The first kappa shape index (κ1) is 15.1. The second-order valence-electron chi connectivity index (χ2n) is 5.39. The van der Waals surface area contributed by atoms with Crippen LogP contribution in [-0.2, 0) is 13.6 Å². The van der Waals surface area contributed by atoms with Crippen LogP contribution in [0.3, 0.4) is 0 Å². The predicted octanol–water partition coefficient (Wildman–Crippen LogP) is 2.20. The lowest BCUT2D eigenvalue weighted by molar-refractivity contribution is 0.0945. The number of fused-ring (bicyclic) bond motifs is 1. The predicted molar refractivity (Wildman–Crippen MR) is 88.6 cm³/mol. The number of aryl methyl sites for hydroxylation is 2. The van der Waals surface area contributed by atoms with Crippen LogP contribution in [0.4, 0.5) is 0 Å². The number of rotatable bonds is 6. The molecule has 0 aliphatic heterocycles. The molecule has 3 aromatic rings. The maximum Gasteiger partial charge on any atom is 0.267 e. The van der Waals surface area contributed by atoms with Gasteiger partial charge in [-0.25, -0.2) is 4.98 Å². The van der Waals surface area contributed by atoms with Crippen molar-refractivity contribution in [2.45, 2.75) is 13.0 Å². The lowest BCUT2D eigenvalue weighted by Gasteiger charge is -2.07. The Balaban J connectivity index is 1.67. The molecular weight excluding hydrogens is 292 g/mol. The summed E-state index contributed by atoms with van der Waals surface area (Å²) in [6.07, 6.45) is 6.30. The third kappa shape index (κ3) is 3.06. The van der Waals surface area contributed by atoms with Crippen molar-refractivity contribution in [3.63, 3.8) is 0 Å². The molecule has 0 radical (unpaired) electrons. The topological polar surface area (TPSA) is 61.1 Å². The number of imidazole rings is 1. The van der Waals surface area contributed by atoms with Gasteiger partial charge < -0.3 is 19.2 Å². The number of carbonyl (C=O) groups excluding carboxylic acids is 1. The van der Waals surface area contributed by atoms with Crippen molar-refractivity contribution in [3.05, 3.63) is 48.7 Å². The fourth-order valence-corrected chi connectivity index (χ4v) is 2.70. The van der Waals surface area contributed by atoms with Crippen molar-refractivity contribution < 1.29 is 9.53 Å². The van der Waals surface area contributed by atoms with Crippen LogP contribution in [0.25, 0.3) is 10.9 Å². The Labute approximate surface area is 134 Å². The molecule has 0 fully saturated rings. The van der Waals surface area contributed by atoms with Gasteiger partial charge in [0.25, 0.3) is 5.91 Å². The summed E-state index contributed by atoms with van der Waals surface area (Å²) in [5, 5.41) is 3.91. The van der Waals surface area contributed by atoms with E-state index in [9.17, 15) is 4.79 Å². The van der Waals surface area contributed by atoms with E-state index in [4.69, 9.17) is 4.74 Å². The molecule has 1 amide bonds. The van der Waals surface area contributed by atoms with Gasteiger partial charge in [-0.2, -0.15) is 0 Å². The smallest absolute Gasteiger partial charge is 0.267 e. The largest absolute Gasteiger partial charge is 0.496 e. The lowest BCUT2D eigenvalue weighted by atomic mass is 10.2. The highest BCUT2D eigenvalue weighted by molar-refractivity contribution is 6.00. The quantitative estimate of drug-likeness (QED) is 0.710. The number of amides is 1. The van der Waals surface area contributed by atoms with E-state index >= 15 is 0 Å². The first-order valence-corrected chi connectivity index (χ1v) is 7.57. The molecule has 6 nitrogen and oxygen atoms in total. The van der Waals surface area contributed by atoms with Gasteiger partial charge in [-0.3, -0.25) is 4.79 Å². The van der Waals surface area contributed by atoms with Crippen LogP contribution in [0, 0.1) is 0 Å². The minimum atomic E-state index is -0.0728. The van der Waals surface area contributed by atoms with Gasteiger partial charge in [-0.05, 0) is 24.6 Å². The lowest BCUT2D eigenvalue weighted by Crippen LogP contribution is -2.26. The van der Waals surface area contributed by atoms with E-state index in [0.717, 1.165) is 29.6 Å². The van der Waals surface area contributed by atoms with E-state index in [2.05, 4.69) is 10.3 Å². The number of carbonyl (C=O) groups is 1. The zero-order valence-corrected chi connectivity index (χ0v) is 13.3. The van der Waals surface area contributed by atoms with E-state index in [1.807, 2.05) is 46.6 Å². The number of ether oxygens (including phenoxy) is 1. The molecule has 120 valence electrons. The summed E-state index contributed by atoms with van der Waals surface area (Å²) in [7, 11) is 3.53. The standard InChI is InChI=1S/C17H20N4O2/c1-20-14-5-3-6-16(23-2)13(14)11-15(20)17(22)19-7-4-9-21-10-8-18-12-21/h3,5-6,8,10-12H,4,7,9H2,1-2H3,(H,19,22). The van der Waals surface area contributed by atoms with Gasteiger partial charge >= 0.3 is 0 Å². The molecule has 0 aliphatic carbocycles. The maximum absolute atomic E-state index is 12.4. The molecule has 6 heteroatoms. The second-order valence-corrected chi connectivity index (χ2v) is 5.39. The Kier molecular flexibility index (Phi) is 4.32. The zero-order valence-electron chi connectivity index (χ0n) is 13.3. The van der Waals surface area contributed by atoms with Crippen molar-refractivity contribution in [2.24, 2.45) is 7.05 Å². The molecule has 0 aliphatic rings. The van der Waals surface area contributed by atoms with E-state index in [1.165, 1.54) is 0 Å². The molecule has 0 unspecified atom stereocenters. The number of aromatic nitrogens is 3. The highest BCUT2D eigenvalue weighted by atomic mass is 16.5. The fourth-order valence-electron chi connectivity index (χ4n) is 2.70. The van der Waals surface area contributed by atoms with Crippen LogP contribution in [-0.4, -0.2) is 33.7 Å². The molecule has 0 bridgehead atoms. The van der Waals surface area contributed by atoms with Crippen LogP contribution >= 0.6 is 0 Å². The van der Waals surface area contributed by atoms with Crippen molar-refractivity contribution in [3.8, 4) is 5.75 Å². The van der Waals surface area contributed by atoms with Crippen molar-refractivity contribution in [1.29, 1.82) is 0 Å². The van der Waals surface area contributed by atoms with Crippen molar-refractivity contribution >= 4 is 16.8 Å². The molecule has 1 aromatic carbocycles. The highest BCUT2D eigenvalue weighted by Gasteiger charge is 2.15. The van der Waals surface area contributed by atoms with Gasteiger partial charge in [0, 0.05) is 37.9 Å². The molecule has 0 saturated carbocycles. The van der Waals surface area contributed by atoms with E-state index in [0.29, 0.717) is 12.2 Å². The third-order valence-electron chi connectivity index (χ3n) is 3.94. The van der Waals surface area contributed by atoms with Gasteiger partial charge in [0.15, 0.2) is 0 Å². The van der Waals surface area contributed by atoms with Crippen LogP contribution in [0.15, 0.2) is 43.0 Å². The summed E-state index contributed by atoms with van der Waals surface area (Å²) < 4.78 is 9.25. The second kappa shape index (κ2) is 6.56. The maximum atomic E-state index is 12.4. The fraction of sp³-hybridized carbons (Fsp3) is 0.294. The molecule has 2 aromatic heterocycles. The van der Waals surface area contributed by atoms with Crippen LogP contribution in [0.1, 0.15) is 16.9 Å². The Hall–Kier alpha value is -2.76. The molecule has 3 rings (SSSR count). The summed E-state index contributed by atoms with van der Waals surface area (Å²) in [6, 6.07) is 7.68. The molecular formula is C17H20N4O2. The first-order chi connectivity index (χ1) is 11.2. The number of nitrogens with one attached hydrogen (secondary N) is 1. The number of nitrogens with zero attached hydrogens (tertiary/aromatic N) is 3. The van der Waals surface area contributed by atoms with E-state index < -0.39 is 0 Å². The summed E-state index contributed by atoms with van der Waals surface area (Å²) in [6.45, 7) is 1.46. The number of benzene rings is 1. The average Bonchev–Trinajstić information content (AvgIpc) is 3.19. The van der Waals surface area contributed by atoms with Crippen molar-refractivity contribution in [2.75, 3.05) is 13.7 Å². The summed E-state index contributed by atoms with van der Waals surface area (Å²) in [5.74, 6) is 0.702. The SMILES string of the molecule is COc1cccc2c1cc(C(=O)NCCCn1ccnc1)n2C.